The van der Waals surface area contributed by atoms with Crippen LogP contribution in [-0.2, 0) is 16.0 Å². The second kappa shape index (κ2) is 12.4. The van der Waals surface area contributed by atoms with Crippen molar-refractivity contribution in [2.45, 2.75) is 45.2 Å². The van der Waals surface area contributed by atoms with Crippen LogP contribution >= 0.6 is 0 Å². The average Bonchev–Trinajstić information content (AvgIpc) is 2.90. The number of benzene rings is 3. The minimum Gasteiger partial charge on any atom is -0.370 e. The highest BCUT2D eigenvalue weighted by Gasteiger charge is 2.35. The molecule has 1 aliphatic rings. The summed E-state index contributed by atoms with van der Waals surface area (Å²) in [5.41, 5.74) is 8.54. The molecule has 38 heavy (non-hydrogen) atoms. The standard InChI is InChI=1S/C31H37N5O2/c1-22-7-5-8-24(17-22)13-15-29(37)36-20-23(2)35(21-28(36)11-6-16-34-31(32)33)30(38)19-25-12-14-26-9-3-4-10-27(26)18-25/h3-5,7-10,12-15,17-18,23,28H,6,11,16,19-21H2,1-2H3,(H4,32,33,34)/b15-13+/t23-,28+/m1/s1. The molecule has 0 unspecified atom stereocenters. The van der Waals surface area contributed by atoms with Crippen LogP contribution in [0.2, 0.25) is 0 Å². The number of nitrogens with one attached hydrogen (secondary N) is 2. The third kappa shape index (κ3) is 7.00. The molecule has 0 radical (unpaired) electrons. The molecule has 4 N–H and O–H groups in total. The Morgan fingerprint density at radius 1 is 1.03 bits per heavy atom. The summed E-state index contributed by atoms with van der Waals surface area (Å²) in [5, 5.41) is 12.5. The molecule has 4 rings (SSSR count). The van der Waals surface area contributed by atoms with Crippen molar-refractivity contribution in [1.29, 1.82) is 5.41 Å². The fourth-order valence-corrected chi connectivity index (χ4v) is 5.13. The third-order valence-corrected chi connectivity index (χ3v) is 7.10. The number of aryl methyl sites for hydroxylation is 1. The average molecular weight is 512 g/mol. The van der Waals surface area contributed by atoms with Crippen molar-refractivity contribution in [1.82, 2.24) is 15.1 Å². The predicted octanol–water partition coefficient (Wildman–Crippen LogP) is 4.10. The number of fused-ring (bicyclic) bond motifs is 1. The molecule has 2 amide bonds. The van der Waals surface area contributed by atoms with Gasteiger partial charge >= 0.3 is 0 Å². The predicted molar refractivity (Wildman–Crippen MR) is 154 cm³/mol. The molecular formula is C31H37N5O2. The van der Waals surface area contributed by atoms with E-state index in [1.807, 2.05) is 72.2 Å². The summed E-state index contributed by atoms with van der Waals surface area (Å²) in [6.07, 6.45) is 5.25. The van der Waals surface area contributed by atoms with Crippen LogP contribution in [0.4, 0.5) is 0 Å². The zero-order chi connectivity index (χ0) is 27.1. The van der Waals surface area contributed by atoms with Crippen LogP contribution in [0.5, 0.6) is 0 Å². The topological polar surface area (TPSA) is 103 Å². The summed E-state index contributed by atoms with van der Waals surface area (Å²) in [6.45, 7) is 5.55. The molecule has 3 aromatic rings. The Kier molecular flexibility index (Phi) is 8.79. The van der Waals surface area contributed by atoms with Crippen molar-refractivity contribution in [2.24, 2.45) is 5.73 Å². The van der Waals surface area contributed by atoms with Crippen LogP contribution in [0.1, 0.15) is 36.5 Å². The molecule has 2 atom stereocenters. The number of piperazine rings is 1. The molecule has 198 valence electrons. The molecular weight excluding hydrogens is 474 g/mol. The van der Waals surface area contributed by atoms with Gasteiger partial charge in [-0.1, -0.05) is 72.3 Å². The van der Waals surface area contributed by atoms with Gasteiger partial charge in [-0.3, -0.25) is 15.0 Å². The highest BCUT2D eigenvalue weighted by atomic mass is 16.2. The smallest absolute Gasteiger partial charge is 0.246 e. The molecule has 0 spiro atoms. The van der Waals surface area contributed by atoms with E-state index in [9.17, 15) is 9.59 Å². The normalized spacial score (nSPS) is 17.6. The zero-order valence-corrected chi connectivity index (χ0v) is 22.2. The van der Waals surface area contributed by atoms with Gasteiger partial charge in [0.25, 0.3) is 0 Å². The van der Waals surface area contributed by atoms with Gasteiger partial charge in [0.1, 0.15) is 0 Å². The molecule has 0 bridgehead atoms. The van der Waals surface area contributed by atoms with Crippen molar-refractivity contribution in [3.05, 3.63) is 89.5 Å². The second-order valence-corrected chi connectivity index (χ2v) is 10.1. The fraction of sp³-hybridized carbons (Fsp3) is 0.323. The van der Waals surface area contributed by atoms with Crippen LogP contribution in [0.3, 0.4) is 0 Å². The van der Waals surface area contributed by atoms with Gasteiger partial charge < -0.3 is 20.9 Å². The molecule has 1 fully saturated rings. The van der Waals surface area contributed by atoms with E-state index < -0.39 is 0 Å². The Hall–Kier alpha value is -4.13. The SMILES string of the molecule is Cc1cccc(/C=C/C(=O)N2C[C@@H](C)N(C(=O)Cc3ccc4ccccc4c3)C[C@@H]2CCCNC(=N)N)c1. The van der Waals surface area contributed by atoms with Gasteiger partial charge in [0.2, 0.25) is 11.8 Å². The van der Waals surface area contributed by atoms with Crippen molar-refractivity contribution in [3.63, 3.8) is 0 Å². The molecule has 0 saturated carbocycles. The van der Waals surface area contributed by atoms with E-state index in [0.29, 0.717) is 32.5 Å². The number of nitrogens with two attached hydrogens (primary N) is 1. The third-order valence-electron chi connectivity index (χ3n) is 7.10. The number of carbonyl (C=O) groups is 2. The molecule has 1 saturated heterocycles. The zero-order valence-electron chi connectivity index (χ0n) is 22.2. The van der Waals surface area contributed by atoms with Crippen LogP contribution < -0.4 is 11.1 Å². The van der Waals surface area contributed by atoms with Crippen molar-refractivity contribution in [2.75, 3.05) is 19.6 Å². The fourth-order valence-electron chi connectivity index (χ4n) is 5.13. The number of nitrogens with zero attached hydrogens (tertiary/aromatic N) is 2. The summed E-state index contributed by atoms with van der Waals surface area (Å²) < 4.78 is 0. The Labute approximate surface area is 224 Å². The first-order chi connectivity index (χ1) is 18.3. The minimum atomic E-state index is -0.116. The van der Waals surface area contributed by atoms with E-state index in [1.54, 1.807) is 6.08 Å². The lowest BCUT2D eigenvalue weighted by atomic mass is 10.00. The number of carbonyl (C=O) groups excluding carboxylic acids is 2. The summed E-state index contributed by atoms with van der Waals surface area (Å²) in [7, 11) is 0. The summed E-state index contributed by atoms with van der Waals surface area (Å²) in [4.78, 5) is 30.6. The summed E-state index contributed by atoms with van der Waals surface area (Å²) >= 11 is 0. The molecule has 0 aromatic heterocycles. The molecule has 1 aliphatic heterocycles. The van der Waals surface area contributed by atoms with Crippen LogP contribution in [0, 0.1) is 12.3 Å². The Morgan fingerprint density at radius 2 is 1.82 bits per heavy atom. The summed E-state index contributed by atoms with van der Waals surface area (Å²) in [6, 6.07) is 22.1. The largest absolute Gasteiger partial charge is 0.370 e. The van der Waals surface area contributed by atoms with E-state index in [0.717, 1.165) is 33.9 Å². The first kappa shape index (κ1) is 26.9. The Morgan fingerprint density at radius 3 is 2.58 bits per heavy atom. The van der Waals surface area contributed by atoms with Gasteiger partial charge in [0, 0.05) is 37.8 Å². The highest BCUT2D eigenvalue weighted by molar-refractivity contribution is 5.92. The van der Waals surface area contributed by atoms with Gasteiger partial charge in [-0.2, -0.15) is 0 Å². The van der Waals surface area contributed by atoms with Crippen LogP contribution in [0.25, 0.3) is 16.8 Å². The highest BCUT2D eigenvalue weighted by Crippen LogP contribution is 2.22. The number of hydrogen-bond acceptors (Lipinski definition) is 3. The first-order valence-corrected chi connectivity index (χ1v) is 13.2. The quantitative estimate of drug-likeness (QED) is 0.183. The first-order valence-electron chi connectivity index (χ1n) is 13.2. The van der Waals surface area contributed by atoms with E-state index in [-0.39, 0.29) is 29.9 Å². The van der Waals surface area contributed by atoms with Gasteiger partial charge in [-0.05, 0) is 54.7 Å². The second-order valence-electron chi connectivity index (χ2n) is 10.1. The maximum absolute atomic E-state index is 13.4. The van der Waals surface area contributed by atoms with E-state index >= 15 is 0 Å². The van der Waals surface area contributed by atoms with E-state index in [1.165, 1.54) is 0 Å². The molecule has 7 nitrogen and oxygen atoms in total. The molecule has 1 heterocycles. The van der Waals surface area contributed by atoms with E-state index in [4.69, 9.17) is 11.1 Å². The lowest BCUT2D eigenvalue weighted by Gasteiger charge is -2.45. The molecule has 7 heteroatoms. The number of rotatable bonds is 8. The van der Waals surface area contributed by atoms with Gasteiger partial charge in [0.15, 0.2) is 5.96 Å². The number of guanidine groups is 1. The number of amides is 2. The lowest BCUT2D eigenvalue weighted by Crippen LogP contribution is -2.60. The van der Waals surface area contributed by atoms with Crippen molar-refractivity contribution >= 4 is 34.6 Å². The van der Waals surface area contributed by atoms with E-state index in [2.05, 4.69) is 29.6 Å². The maximum atomic E-state index is 13.4. The van der Waals surface area contributed by atoms with Crippen LogP contribution in [0.15, 0.2) is 72.8 Å². The molecule has 3 aromatic carbocycles. The molecule has 0 aliphatic carbocycles. The van der Waals surface area contributed by atoms with Gasteiger partial charge in [-0.15, -0.1) is 0 Å². The van der Waals surface area contributed by atoms with Crippen molar-refractivity contribution < 1.29 is 9.59 Å². The Balaban J connectivity index is 1.47. The van der Waals surface area contributed by atoms with Gasteiger partial charge in [0.05, 0.1) is 6.42 Å². The number of hydrogen-bond donors (Lipinski definition) is 3. The Bertz CT molecular complexity index is 1330. The lowest BCUT2D eigenvalue weighted by molar-refractivity contribution is -0.143. The maximum Gasteiger partial charge on any atom is 0.246 e. The van der Waals surface area contributed by atoms with Crippen molar-refractivity contribution in [3.8, 4) is 0 Å². The van der Waals surface area contributed by atoms with Gasteiger partial charge in [-0.25, -0.2) is 0 Å². The monoisotopic (exact) mass is 511 g/mol. The minimum absolute atomic E-state index is 0.0514. The summed E-state index contributed by atoms with van der Waals surface area (Å²) in [5.74, 6) is -0.0463. The van der Waals surface area contributed by atoms with Crippen LogP contribution in [-0.4, -0.2) is 59.3 Å².